The number of hydrogen-bond acceptors (Lipinski definition) is 3. The molecule has 1 saturated heterocycles. The molecule has 0 radical (unpaired) electrons. The van der Waals surface area contributed by atoms with E-state index in [0.717, 1.165) is 18.9 Å². The van der Waals surface area contributed by atoms with Gasteiger partial charge in [-0.15, -0.1) is 0 Å². The summed E-state index contributed by atoms with van der Waals surface area (Å²) < 4.78 is 0. The number of nitriles is 1. The van der Waals surface area contributed by atoms with E-state index in [0.29, 0.717) is 17.7 Å². The van der Waals surface area contributed by atoms with Gasteiger partial charge in [-0.2, -0.15) is 5.26 Å². The number of piperidine rings is 1. The van der Waals surface area contributed by atoms with Gasteiger partial charge in [0, 0.05) is 12.1 Å². The Kier molecular flexibility index (Phi) is 5.77. The largest absolute Gasteiger partial charge is 0.352 e. The van der Waals surface area contributed by atoms with Gasteiger partial charge in [-0.1, -0.05) is 6.92 Å². The molecule has 1 aromatic rings. The first kappa shape index (κ1) is 15.5. The highest BCUT2D eigenvalue weighted by Gasteiger charge is 2.14. The fourth-order valence-electron chi connectivity index (χ4n) is 2.59. The van der Waals surface area contributed by atoms with Gasteiger partial charge in [0.2, 0.25) is 0 Å². The Bertz CT molecular complexity index is 496. The summed E-state index contributed by atoms with van der Waals surface area (Å²) in [6.45, 7) is 6.44. The molecule has 0 aliphatic carbocycles. The van der Waals surface area contributed by atoms with Crippen molar-refractivity contribution in [3.05, 3.63) is 35.4 Å². The smallest absolute Gasteiger partial charge is 0.251 e. The van der Waals surface area contributed by atoms with Crippen molar-refractivity contribution in [3.8, 4) is 6.07 Å². The van der Waals surface area contributed by atoms with Crippen LogP contribution in [0.4, 0.5) is 0 Å². The van der Waals surface area contributed by atoms with Gasteiger partial charge < -0.3 is 10.2 Å². The zero-order valence-corrected chi connectivity index (χ0v) is 12.6. The Balaban J connectivity index is 1.66. The monoisotopic (exact) mass is 285 g/mol. The maximum atomic E-state index is 11.9. The summed E-state index contributed by atoms with van der Waals surface area (Å²) >= 11 is 0. The minimum atomic E-state index is -0.0632. The molecule has 0 spiro atoms. The highest BCUT2D eigenvalue weighted by Crippen LogP contribution is 2.15. The van der Waals surface area contributed by atoms with Crippen molar-refractivity contribution in [3.63, 3.8) is 0 Å². The number of rotatable bonds is 5. The third kappa shape index (κ3) is 4.87. The zero-order valence-electron chi connectivity index (χ0n) is 12.6. The molecule has 1 aliphatic heterocycles. The van der Waals surface area contributed by atoms with Gasteiger partial charge in [-0.25, -0.2) is 0 Å². The number of nitrogens with zero attached hydrogens (tertiary/aromatic N) is 2. The number of nitrogens with one attached hydrogen (secondary N) is 1. The van der Waals surface area contributed by atoms with Crippen LogP contribution in [-0.4, -0.2) is 37.0 Å². The predicted octanol–water partition coefficient (Wildman–Crippen LogP) is 2.41. The summed E-state index contributed by atoms with van der Waals surface area (Å²) in [7, 11) is 0. The van der Waals surface area contributed by atoms with Crippen LogP contribution in [0, 0.1) is 17.2 Å². The average molecular weight is 285 g/mol. The maximum Gasteiger partial charge on any atom is 0.251 e. The van der Waals surface area contributed by atoms with Gasteiger partial charge in [0.25, 0.3) is 5.91 Å². The second-order valence-corrected chi connectivity index (χ2v) is 5.82. The lowest BCUT2D eigenvalue weighted by Crippen LogP contribution is -2.35. The van der Waals surface area contributed by atoms with Crippen LogP contribution in [0.15, 0.2) is 24.3 Å². The number of likely N-dealkylation sites (tertiary alicyclic amines) is 1. The van der Waals surface area contributed by atoms with E-state index in [1.165, 1.54) is 25.9 Å². The second-order valence-electron chi connectivity index (χ2n) is 5.82. The molecule has 1 heterocycles. The quantitative estimate of drug-likeness (QED) is 0.845. The molecular weight excluding hydrogens is 262 g/mol. The molecule has 0 bridgehead atoms. The van der Waals surface area contributed by atoms with E-state index in [1.807, 2.05) is 6.07 Å². The Hall–Kier alpha value is -1.86. The molecule has 0 aromatic heterocycles. The van der Waals surface area contributed by atoms with E-state index in [1.54, 1.807) is 24.3 Å². The molecule has 1 aromatic carbocycles. The molecule has 0 atom stereocenters. The maximum absolute atomic E-state index is 11.9. The van der Waals surface area contributed by atoms with Gasteiger partial charge in [-0.3, -0.25) is 4.79 Å². The number of carbonyl (C=O) groups excluding carboxylic acids is 1. The predicted molar refractivity (Wildman–Crippen MR) is 82.9 cm³/mol. The van der Waals surface area contributed by atoms with Crippen LogP contribution in [-0.2, 0) is 0 Å². The van der Waals surface area contributed by atoms with Crippen LogP contribution in [0.1, 0.15) is 42.1 Å². The van der Waals surface area contributed by atoms with E-state index in [-0.39, 0.29) is 5.91 Å². The molecule has 1 aliphatic rings. The first-order valence-corrected chi connectivity index (χ1v) is 7.70. The van der Waals surface area contributed by atoms with E-state index in [9.17, 15) is 4.79 Å². The third-order valence-corrected chi connectivity index (χ3v) is 4.09. The normalized spacial score (nSPS) is 16.4. The van der Waals surface area contributed by atoms with Gasteiger partial charge in [0.15, 0.2) is 0 Å². The molecule has 2 rings (SSSR count). The first-order chi connectivity index (χ1) is 10.2. The molecule has 112 valence electrons. The second kappa shape index (κ2) is 7.80. The minimum Gasteiger partial charge on any atom is -0.352 e. The lowest BCUT2D eigenvalue weighted by molar-refractivity contribution is 0.0950. The summed E-state index contributed by atoms with van der Waals surface area (Å²) in [6.07, 6.45) is 3.56. The lowest BCUT2D eigenvalue weighted by atomic mass is 9.99. The van der Waals surface area contributed by atoms with Crippen molar-refractivity contribution in [1.29, 1.82) is 5.26 Å². The topological polar surface area (TPSA) is 56.1 Å². The average Bonchev–Trinajstić information content (AvgIpc) is 2.53. The van der Waals surface area contributed by atoms with Crippen molar-refractivity contribution in [2.24, 2.45) is 5.92 Å². The number of amides is 1. The molecule has 0 unspecified atom stereocenters. The standard InChI is InChI=1S/C17H23N3O/c1-14-7-11-20(12-8-14)10-2-9-19-17(21)16-5-3-15(13-18)4-6-16/h3-6,14H,2,7-12H2,1H3,(H,19,21). The number of hydrogen-bond donors (Lipinski definition) is 1. The van der Waals surface area contributed by atoms with Crippen LogP contribution < -0.4 is 5.32 Å². The molecule has 1 fully saturated rings. The Morgan fingerprint density at radius 1 is 1.33 bits per heavy atom. The summed E-state index contributed by atoms with van der Waals surface area (Å²) in [4.78, 5) is 14.4. The third-order valence-electron chi connectivity index (χ3n) is 4.09. The molecule has 1 amide bonds. The van der Waals surface area contributed by atoms with Crippen molar-refractivity contribution < 1.29 is 4.79 Å². The highest BCUT2D eigenvalue weighted by atomic mass is 16.1. The van der Waals surface area contributed by atoms with Crippen LogP contribution in [0.2, 0.25) is 0 Å². The summed E-state index contributed by atoms with van der Waals surface area (Å²) in [5.41, 5.74) is 1.19. The SMILES string of the molecule is CC1CCN(CCCNC(=O)c2ccc(C#N)cc2)CC1. The van der Waals surface area contributed by atoms with Crippen LogP contribution in [0.3, 0.4) is 0 Å². The van der Waals surface area contributed by atoms with Crippen LogP contribution >= 0.6 is 0 Å². The molecule has 21 heavy (non-hydrogen) atoms. The summed E-state index contributed by atoms with van der Waals surface area (Å²) in [6, 6.07) is 8.78. The van der Waals surface area contributed by atoms with Crippen LogP contribution in [0.5, 0.6) is 0 Å². The van der Waals surface area contributed by atoms with Gasteiger partial charge in [0.1, 0.15) is 0 Å². The van der Waals surface area contributed by atoms with Gasteiger partial charge in [-0.05, 0) is 69.1 Å². The molecular formula is C17H23N3O. The van der Waals surface area contributed by atoms with E-state index >= 15 is 0 Å². The highest BCUT2D eigenvalue weighted by molar-refractivity contribution is 5.94. The zero-order chi connectivity index (χ0) is 15.1. The fraction of sp³-hybridized carbons (Fsp3) is 0.529. The number of benzene rings is 1. The van der Waals surface area contributed by atoms with Gasteiger partial charge in [0.05, 0.1) is 11.6 Å². The van der Waals surface area contributed by atoms with Crippen molar-refractivity contribution in [2.45, 2.75) is 26.2 Å². The molecule has 1 N–H and O–H groups in total. The van der Waals surface area contributed by atoms with E-state index in [2.05, 4.69) is 17.1 Å². The number of carbonyl (C=O) groups is 1. The molecule has 0 saturated carbocycles. The Morgan fingerprint density at radius 2 is 2.00 bits per heavy atom. The lowest BCUT2D eigenvalue weighted by Gasteiger charge is -2.30. The van der Waals surface area contributed by atoms with Gasteiger partial charge >= 0.3 is 0 Å². The fourth-order valence-corrected chi connectivity index (χ4v) is 2.59. The van der Waals surface area contributed by atoms with Crippen molar-refractivity contribution in [1.82, 2.24) is 10.2 Å². The van der Waals surface area contributed by atoms with E-state index < -0.39 is 0 Å². The van der Waals surface area contributed by atoms with Crippen molar-refractivity contribution >= 4 is 5.91 Å². The minimum absolute atomic E-state index is 0.0632. The summed E-state index contributed by atoms with van der Waals surface area (Å²) in [5, 5.41) is 11.7. The van der Waals surface area contributed by atoms with Crippen molar-refractivity contribution in [2.75, 3.05) is 26.2 Å². The molecule has 4 heteroatoms. The molecule has 4 nitrogen and oxygen atoms in total. The first-order valence-electron chi connectivity index (χ1n) is 7.70. The Labute approximate surface area is 126 Å². The Morgan fingerprint density at radius 3 is 2.62 bits per heavy atom. The van der Waals surface area contributed by atoms with E-state index in [4.69, 9.17) is 5.26 Å². The van der Waals surface area contributed by atoms with Crippen LogP contribution in [0.25, 0.3) is 0 Å². The summed E-state index contributed by atoms with van der Waals surface area (Å²) in [5.74, 6) is 0.795.